The second-order valence-corrected chi connectivity index (χ2v) is 7.58. The highest BCUT2D eigenvalue weighted by molar-refractivity contribution is 7.88. The first-order chi connectivity index (χ1) is 11.9. The van der Waals surface area contributed by atoms with Gasteiger partial charge in [-0.2, -0.15) is 0 Å². The predicted octanol–water partition coefficient (Wildman–Crippen LogP) is 2.77. The van der Waals surface area contributed by atoms with Gasteiger partial charge in [0.05, 0.1) is 10.7 Å². The van der Waals surface area contributed by atoms with Gasteiger partial charge in [-0.25, -0.2) is 12.7 Å². The number of pyridine rings is 1. The molecule has 0 saturated heterocycles. The van der Waals surface area contributed by atoms with Gasteiger partial charge >= 0.3 is 0 Å². The third-order valence-corrected chi connectivity index (χ3v) is 5.56. The van der Waals surface area contributed by atoms with Crippen LogP contribution in [0.4, 0.5) is 5.69 Å². The van der Waals surface area contributed by atoms with Crippen molar-refractivity contribution in [2.24, 2.45) is 0 Å². The maximum Gasteiger partial charge on any atom is 0.273 e. The molecule has 1 aromatic heterocycles. The van der Waals surface area contributed by atoms with E-state index >= 15 is 0 Å². The zero-order valence-electron chi connectivity index (χ0n) is 14.0. The fourth-order valence-corrected chi connectivity index (χ4v) is 4.17. The standard InChI is InChI=1S/C17H21N3O4S/c1-2-12-19(13-10-16-8-5-6-11-18-16)25(23,24)14-15-7-3-4-9-17(15)20(21)22/h3-9,11H,2,10,12-14H2,1H3. The molecule has 0 radical (unpaired) electrons. The van der Waals surface area contributed by atoms with E-state index in [0.29, 0.717) is 25.9 Å². The molecule has 0 amide bonds. The maximum absolute atomic E-state index is 12.8. The van der Waals surface area contributed by atoms with Crippen LogP contribution in [0, 0.1) is 10.1 Å². The van der Waals surface area contributed by atoms with Crippen LogP contribution in [0.3, 0.4) is 0 Å². The third-order valence-electron chi connectivity index (χ3n) is 3.74. The zero-order chi connectivity index (χ0) is 18.3. The third kappa shape index (κ3) is 5.33. The number of sulfonamides is 1. The number of rotatable bonds is 9. The van der Waals surface area contributed by atoms with Crippen LogP contribution in [-0.4, -0.2) is 35.7 Å². The first-order valence-corrected chi connectivity index (χ1v) is 9.65. The molecule has 7 nitrogen and oxygen atoms in total. The number of nitro groups is 1. The van der Waals surface area contributed by atoms with Crippen molar-refractivity contribution >= 4 is 15.7 Å². The van der Waals surface area contributed by atoms with Gasteiger partial charge < -0.3 is 0 Å². The van der Waals surface area contributed by atoms with Gasteiger partial charge in [-0.1, -0.05) is 31.2 Å². The molecule has 8 heteroatoms. The molecule has 0 spiro atoms. The molecule has 0 N–H and O–H groups in total. The van der Waals surface area contributed by atoms with Crippen molar-refractivity contribution in [2.45, 2.75) is 25.5 Å². The van der Waals surface area contributed by atoms with Gasteiger partial charge in [-0.05, 0) is 18.6 Å². The van der Waals surface area contributed by atoms with E-state index in [0.717, 1.165) is 5.69 Å². The predicted molar refractivity (Wildman–Crippen MR) is 95.5 cm³/mol. The van der Waals surface area contributed by atoms with Crippen LogP contribution >= 0.6 is 0 Å². The van der Waals surface area contributed by atoms with Gasteiger partial charge in [0.25, 0.3) is 5.69 Å². The lowest BCUT2D eigenvalue weighted by atomic mass is 10.2. The highest BCUT2D eigenvalue weighted by atomic mass is 32.2. The summed E-state index contributed by atoms with van der Waals surface area (Å²) in [6.45, 7) is 2.57. The molecule has 2 aromatic rings. The van der Waals surface area contributed by atoms with Crippen molar-refractivity contribution in [1.29, 1.82) is 0 Å². The molecule has 0 fully saturated rings. The van der Waals surface area contributed by atoms with E-state index < -0.39 is 14.9 Å². The summed E-state index contributed by atoms with van der Waals surface area (Å²) in [7, 11) is -3.66. The normalized spacial score (nSPS) is 11.6. The molecule has 1 aromatic carbocycles. The quantitative estimate of drug-likeness (QED) is 0.504. The SMILES string of the molecule is CCCN(CCc1ccccn1)S(=O)(=O)Cc1ccccc1[N+](=O)[O-]. The number of nitrogens with zero attached hydrogens (tertiary/aromatic N) is 3. The zero-order valence-corrected chi connectivity index (χ0v) is 14.9. The number of hydrogen-bond donors (Lipinski definition) is 0. The van der Waals surface area contributed by atoms with Crippen LogP contribution in [0.25, 0.3) is 0 Å². The lowest BCUT2D eigenvalue weighted by Gasteiger charge is -2.21. The molecular formula is C17H21N3O4S. The minimum atomic E-state index is -3.66. The van der Waals surface area contributed by atoms with E-state index in [2.05, 4.69) is 4.98 Å². The van der Waals surface area contributed by atoms with Crippen molar-refractivity contribution in [3.63, 3.8) is 0 Å². The van der Waals surface area contributed by atoms with Crippen molar-refractivity contribution in [1.82, 2.24) is 9.29 Å². The molecule has 0 saturated carbocycles. The van der Waals surface area contributed by atoms with Gasteiger partial charge in [0.1, 0.15) is 0 Å². The van der Waals surface area contributed by atoms with E-state index in [1.807, 2.05) is 19.1 Å². The van der Waals surface area contributed by atoms with Crippen LogP contribution in [-0.2, 0) is 22.2 Å². The average Bonchev–Trinajstić information content (AvgIpc) is 2.59. The second kappa shape index (κ2) is 8.68. The van der Waals surface area contributed by atoms with E-state index in [9.17, 15) is 18.5 Å². The Kier molecular flexibility index (Phi) is 6.60. The highest BCUT2D eigenvalue weighted by Crippen LogP contribution is 2.22. The van der Waals surface area contributed by atoms with Gasteiger partial charge in [0.15, 0.2) is 0 Å². The van der Waals surface area contributed by atoms with E-state index in [1.54, 1.807) is 18.3 Å². The number of aromatic nitrogens is 1. The first kappa shape index (κ1) is 19.0. The Morgan fingerprint density at radius 2 is 1.84 bits per heavy atom. The maximum atomic E-state index is 12.8. The van der Waals surface area contributed by atoms with Gasteiger partial charge in [0.2, 0.25) is 10.0 Å². The van der Waals surface area contributed by atoms with Crippen LogP contribution in [0.5, 0.6) is 0 Å². The van der Waals surface area contributed by atoms with Crippen LogP contribution in [0.1, 0.15) is 24.6 Å². The smallest absolute Gasteiger partial charge is 0.261 e. The minimum Gasteiger partial charge on any atom is -0.261 e. The lowest BCUT2D eigenvalue weighted by molar-refractivity contribution is -0.385. The van der Waals surface area contributed by atoms with E-state index in [-0.39, 0.29) is 17.0 Å². The van der Waals surface area contributed by atoms with Gasteiger partial charge in [-0.15, -0.1) is 0 Å². The Bertz CT molecular complexity index is 810. The summed E-state index contributed by atoms with van der Waals surface area (Å²) in [5, 5.41) is 11.1. The summed E-state index contributed by atoms with van der Waals surface area (Å²) in [4.78, 5) is 14.8. The Hall–Kier alpha value is -2.32. The molecule has 134 valence electrons. The summed E-state index contributed by atoms with van der Waals surface area (Å²) in [5.74, 6) is -0.383. The molecule has 0 unspecified atom stereocenters. The molecule has 2 rings (SSSR count). The fraction of sp³-hybridized carbons (Fsp3) is 0.353. The summed E-state index contributed by atoms with van der Waals surface area (Å²) in [6, 6.07) is 11.4. The summed E-state index contributed by atoms with van der Waals surface area (Å²) in [6.07, 6.45) is 2.83. The largest absolute Gasteiger partial charge is 0.273 e. The molecule has 25 heavy (non-hydrogen) atoms. The molecule has 0 bridgehead atoms. The molecular weight excluding hydrogens is 342 g/mol. The lowest BCUT2D eigenvalue weighted by Crippen LogP contribution is -2.34. The molecule has 0 aliphatic heterocycles. The van der Waals surface area contributed by atoms with Gasteiger partial charge in [0, 0.05) is 43.0 Å². The van der Waals surface area contributed by atoms with Crippen molar-refractivity contribution in [2.75, 3.05) is 13.1 Å². The Morgan fingerprint density at radius 1 is 1.12 bits per heavy atom. The fourth-order valence-electron chi connectivity index (χ4n) is 2.52. The van der Waals surface area contributed by atoms with Crippen LogP contribution in [0.15, 0.2) is 48.7 Å². The Labute approximate surface area is 147 Å². The number of benzene rings is 1. The van der Waals surface area contributed by atoms with E-state index in [1.165, 1.54) is 22.5 Å². The number of para-hydroxylation sites is 1. The molecule has 0 atom stereocenters. The first-order valence-electron chi connectivity index (χ1n) is 8.04. The Balaban J connectivity index is 2.17. The molecule has 0 aliphatic carbocycles. The van der Waals surface area contributed by atoms with Crippen molar-refractivity contribution < 1.29 is 13.3 Å². The topological polar surface area (TPSA) is 93.4 Å². The number of hydrogen-bond acceptors (Lipinski definition) is 5. The average molecular weight is 363 g/mol. The Morgan fingerprint density at radius 3 is 2.48 bits per heavy atom. The highest BCUT2D eigenvalue weighted by Gasteiger charge is 2.25. The molecule has 0 aliphatic rings. The van der Waals surface area contributed by atoms with Crippen LogP contribution < -0.4 is 0 Å². The van der Waals surface area contributed by atoms with Crippen LogP contribution in [0.2, 0.25) is 0 Å². The van der Waals surface area contributed by atoms with Crippen molar-refractivity contribution in [3.8, 4) is 0 Å². The second-order valence-electron chi connectivity index (χ2n) is 5.61. The van der Waals surface area contributed by atoms with E-state index in [4.69, 9.17) is 0 Å². The number of nitro benzene ring substituents is 1. The molecule has 1 heterocycles. The summed E-state index contributed by atoms with van der Waals surface area (Å²) in [5.41, 5.74) is 0.836. The monoisotopic (exact) mass is 363 g/mol. The minimum absolute atomic E-state index is 0.174. The summed E-state index contributed by atoms with van der Waals surface area (Å²) < 4.78 is 26.9. The van der Waals surface area contributed by atoms with Crippen molar-refractivity contribution in [3.05, 3.63) is 70.0 Å². The summed E-state index contributed by atoms with van der Waals surface area (Å²) >= 11 is 0. The van der Waals surface area contributed by atoms with Gasteiger partial charge in [-0.3, -0.25) is 15.1 Å².